The highest BCUT2D eigenvalue weighted by atomic mass is 16.5. The van der Waals surface area contributed by atoms with Gasteiger partial charge in [0.1, 0.15) is 28.6 Å². The largest absolute Gasteiger partial charge is 0.508 e. The molecule has 2 aliphatic rings. The molecule has 1 aliphatic carbocycles. The van der Waals surface area contributed by atoms with Gasteiger partial charge in [0.05, 0.1) is 10.9 Å². The Kier molecular flexibility index (Phi) is 4.81. The van der Waals surface area contributed by atoms with Gasteiger partial charge >= 0.3 is 0 Å². The van der Waals surface area contributed by atoms with Gasteiger partial charge in [-0.1, -0.05) is 11.6 Å². The first-order valence-corrected chi connectivity index (χ1v) is 10.0. The SMILES string of the molecule is CC(=O)/C=C1/CC2(O)Cc3c(c(O)c4c(O)cc(O)cc4c3CC=C(C)C)C(=O)C2O1. The van der Waals surface area contributed by atoms with E-state index in [0.29, 0.717) is 22.9 Å². The highest BCUT2D eigenvalue weighted by Gasteiger charge is 2.55. The molecule has 7 heteroatoms. The molecule has 0 aromatic heterocycles. The number of fused-ring (bicyclic) bond motifs is 3. The molecule has 0 saturated carbocycles. The van der Waals surface area contributed by atoms with E-state index >= 15 is 0 Å². The highest BCUT2D eigenvalue weighted by Crippen LogP contribution is 2.49. The van der Waals surface area contributed by atoms with E-state index in [-0.39, 0.29) is 46.8 Å². The van der Waals surface area contributed by atoms with E-state index in [1.54, 1.807) is 0 Å². The third-order valence-electron chi connectivity index (χ3n) is 5.85. The number of phenolic OH excluding ortho intramolecular Hbond substituents is 3. The van der Waals surface area contributed by atoms with Crippen molar-refractivity contribution in [2.45, 2.75) is 51.7 Å². The van der Waals surface area contributed by atoms with Crippen LogP contribution in [0.15, 0.2) is 35.6 Å². The van der Waals surface area contributed by atoms with Gasteiger partial charge in [0, 0.05) is 25.0 Å². The third kappa shape index (κ3) is 3.35. The Labute approximate surface area is 178 Å². The number of benzene rings is 2. The molecular formula is C24H24O7. The maximum absolute atomic E-state index is 13.4. The minimum absolute atomic E-state index is 0.00536. The quantitative estimate of drug-likeness (QED) is 0.441. The van der Waals surface area contributed by atoms with Crippen LogP contribution < -0.4 is 0 Å². The smallest absolute Gasteiger partial charge is 0.210 e. The zero-order valence-corrected chi connectivity index (χ0v) is 17.5. The molecule has 1 aliphatic heterocycles. The minimum atomic E-state index is -1.57. The fourth-order valence-corrected chi connectivity index (χ4v) is 4.58. The van der Waals surface area contributed by atoms with Crippen molar-refractivity contribution in [2.24, 2.45) is 0 Å². The summed E-state index contributed by atoms with van der Waals surface area (Å²) in [5.74, 6) is -1.61. The summed E-state index contributed by atoms with van der Waals surface area (Å²) < 4.78 is 5.62. The average molecular weight is 424 g/mol. The number of Topliss-reactive ketones (excluding diaryl/α,β-unsaturated/α-hetero) is 1. The third-order valence-corrected chi connectivity index (χ3v) is 5.85. The lowest BCUT2D eigenvalue weighted by Gasteiger charge is -2.34. The second kappa shape index (κ2) is 7.13. The number of ketones is 2. The van der Waals surface area contributed by atoms with Crippen LogP contribution in [0.4, 0.5) is 0 Å². The van der Waals surface area contributed by atoms with Gasteiger partial charge in [-0.15, -0.1) is 0 Å². The molecule has 0 amide bonds. The van der Waals surface area contributed by atoms with Crippen molar-refractivity contribution < 1.29 is 34.8 Å². The second-order valence-electron chi connectivity index (χ2n) is 8.59. The summed E-state index contributed by atoms with van der Waals surface area (Å²) in [5.41, 5.74) is 0.520. The molecule has 4 rings (SSSR count). The van der Waals surface area contributed by atoms with Crippen molar-refractivity contribution >= 4 is 22.3 Å². The van der Waals surface area contributed by atoms with Crippen molar-refractivity contribution in [1.29, 1.82) is 0 Å². The van der Waals surface area contributed by atoms with E-state index in [0.717, 1.165) is 11.6 Å². The maximum Gasteiger partial charge on any atom is 0.210 e. The summed E-state index contributed by atoms with van der Waals surface area (Å²) in [4.78, 5) is 24.8. The van der Waals surface area contributed by atoms with E-state index in [1.165, 1.54) is 19.1 Å². The van der Waals surface area contributed by atoms with Crippen molar-refractivity contribution in [2.75, 3.05) is 0 Å². The summed E-state index contributed by atoms with van der Waals surface area (Å²) in [6, 6.07) is 2.53. The van der Waals surface area contributed by atoms with Gasteiger partial charge in [0.15, 0.2) is 11.9 Å². The van der Waals surface area contributed by atoms with Crippen LogP contribution in [-0.2, 0) is 22.4 Å². The van der Waals surface area contributed by atoms with E-state index in [1.807, 2.05) is 19.9 Å². The fourth-order valence-electron chi connectivity index (χ4n) is 4.58. The number of allylic oxidation sites excluding steroid dienone is 3. The van der Waals surface area contributed by atoms with E-state index in [9.17, 15) is 30.0 Å². The topological polar surface area (TPSA) is 124 Å². The molecule has 0 radical (unpaired) electrons. The predicted octanol–water partition coefficient (Wildman–Crippen LogP) is 3.20. The Morgan fingerprint density at radius 2 is 1.90 bits per heavy atom. The number of carbonyl (C=O) groups is 2. The summed E-state index contributed by atoms with van der Waals surface area (Å²) >= 11 is 0. The number of aromatic hydroxyl groups is 3. The van der Waals surface area contributed by atoms with E-state index in [2.05, 4.69) is 0 Å². The van der Waals surface area contributed by atoms with Crippen LogP contribution in [0.5, 0.6) is 17.2 Å². The number of hydrogen-bond acceptors (Lipinski definition) is 7. The lowest BCUT2D eigenvalue weighted by molar-refractivity contribution is -0.112. The zero-order chi connectivity index (χ0) is 22.7. The standard InChI is InChI=1S/C24H24O7/c1-11(2)4-5-15-16-7-13(26)8-18(27)19(16)21(28)20-17(15)10-24(30)9-14(6-12(3)25)31-23(24)22(20)29/h4,6-8,23,26-28,30H,5,9-10H2,1-3H3/b14-6-. The van der Waals surface area contributed by atoms with Crippen molar-refractivity contribution in [1.82, 2.24) is 0 Å². The Bertz CT molecular complexity index is 1200. The Morgan fingerprint density at radius 1 is 1.19 bits per heavy atom. The van der Waals surface area contributed by atoms with E-state index in [4.69, 9.17) is 4.74 Å². The first-order chi connectivity index (χ1) is 14.5. The zero-order valence-electron chi connectivity index (χ0n) is 17.5. The first kappa shape index (κ1) is 20.9. The minimum Gasteiger partial charge on any atom is -0.508 e. The molecule has 162 valence electrons. The molecule has 31 heavy (non-hydrogen) atoms. The first-order valence-electron chi connectivity index (χ1n) is 10.0. The molecular weight excluding hydrogens is 400 g/mol. The molecule has 0 spiro atoms. The lowest BCUT2D eigenvalue weighted by atomic mass is 9.73. The average Bonchev–Trinajstić information content (AvgIpc) is 2.96. The monoisotopic (exact) mass is 424 g/mol. The van der Waals surface area contributed by atoms with Gasteiger partial charge in [-0.05, 0) is 49.8 Å². The fraction of sp³-hybridized carbons (Fsp3) is 0.333. The molecule has 4 N–H and O–H groups in total. The molecule has 2 unspecified atom stereocenters. The van der Waals surface area contributed by atoms with Gasteiger partial charge in [-0.25, -0.2) is 0 Å². The van der Waals surface area contributed by atoms with Crippen LogP contribution >= 0.6 is 0 Å². The second-order valence-corrected chi connectivity index (χ2v) is 8.59. The van der Waals surface area contributed by atoms with Crippen molar-refractivity contribution in [3.8, 4) is 17.2 Å². The van der Waals surface area contributed by atoms with Crippen LogP contribution in [-0.4, -0.2) is 43.7 Å². The Balaban J connectivity index is 2.01. The number of ether oxygens (including phenoxy) is 1. The normalized spacial score (nSPS) is 23.4. The molecule has 7 nitrogen and oxygen atoms in total. The molecule has 1 saturated heterocycles. The van der Waals surface area contributed by atoms with E-state index < -0.39 is 23.2 Å². The Morgan fingerprint density at radius 3 is 2.55 bits per heavy atom. The summed E-state index contributed by atoms with van der Waals surface area (Å²) in [6.07, 6.45) is 2.30. The summed E-state index contributed by atoms with van der Waals surface area (Å²) in [5, 5.41) is 43.2. The Hall–Kier alpha value is -3.32. The lowest BCUT2D eigenvalue weighted by Crippen LogP contribution is -2.49. The van der Waals surface area contributed by atoms with Crippen molar-refractivity contribution in [3.05, 3.63) is 52.3 Å². The van der Waals surface area contributed by atoms with Crippen LogP contribution in [0.25, 0.3) is 10.8 Å². The molecule has 2 aromatic rings. The van der Waals surface area contributed by atoms with Crippen LogP contribution in [0.1, 0.15) is 48.7 Å². The van der Waals surface area contributed by atoms with Crippen molar-refractivity contribution in [3.63, 3.8) is 0 Å². The van der Waals surface area contributed by atoms with Gasteiger partial charge in [-0.2, -0.15) is 0 Å². The summed E-state index contributed by atoms with van der Waals surface area (Å²) in [7, 11) is 0. The van der Waals surface area contributed by atoms with Crippen LogP contribution in [0.3, 0.4) is 0 Å². The number of hydrogen-bond donors (Lipinski definition) is 4. The number of phenols is 3. The van der Waals surface area contributed by atoms with Crippen LogP contribution in [0, 0.1) is 0 Å². The number of carbonyl (C=O) groups excluding carboxylic acids is 2. The highest BCUT2D eigenvalue weighted by molar-refractivity contribution is 6.12. The van der Waals surface area contributed by atoms with Gasteiger partial charge in [-0.3, -0.25) is 9.59 Å². The predicted molar refractivity (Wildman–Crippen MR) is 113 cm³/mol. The molecule has 1 fully saturated rings. The number of aliphatic hydroxyl groups is 1. The molecule has 1 heterocycles. The van der Waals surface area contributed by atoms with Gasteiger partial charge in [0.25, 0.3) is 0 Å². The van der Waals surface area contributed by atoms with Crippen LogP contribution in [0.2, 0.25) is 0 Å². The van der Waals surface area contributed by atoms with Gasteiger partial charge in [0.2, 0.25) is 5.78 Å². The molecule has 2 atom stereocenters. The number of rotatable bonds is 3. The summed E-state index contributed by atoms with van der Waals surface area (Å²) in [6.45, 7) is 5.19. The molecule has 0 bridgehead atoms. The maximum atomic E-state index is 13.4. The van der Waals surface area contributed by atoms with Gasteiger partial charge < -0.3 is 25.2 Å². The molecule has 2 aromatic carbocycles.